The van der Waals surface area contributed by atoms with Gasteiger partial charge in [-0.05, 0) is 30.7 Å². The van der Waals surface area contributed by atoms with Crippen LogP contribution < -0.4 is 9.47 Å². The molecule has 0 aliphatic carbocycles. The monoisotopic (exact) mass is 370 g/mol. The lowest BCUT2D eigenvalue weighted by molar-refractivity contribution is -0.384. The lowest BCUT2D eigenvalue weighted by Crippen LogP contribution is -2.00. The first-order valence-electron chi connectivity index (χ1n) is 8.13. The fourth-order valence-electron chi connectivity index (χ4n) is 2.51. The normalized spacial score (nSPS) is 10.6. The number of nitro groups is 1. The second-order valence-corrected chi connectivity index (χ2v) is 5.76. The van der Waals surface area contributed by atoms with Crippen LogP contribution in [0.2, 0.25) is 0 Å². The van der Waals surface area contributed by atoms with Crippen molar-refractivity contribution in [3.63, 3.8) is 0 Å². The van der Waals surface area contributed by atoms with E-state index >= 15 is 0 Å². The molecule has 0 amide bonds. The number of ether oxygens (including phenoxy) is 2. The summed E-state index contributed by atoms with van der Waals surface area (Å²) in [5, 5.41) is 20.1. The van der Waals surface area contributed by atoms with Gasteiger partial charge in [0.1, 0.15) is 18.1 Å². The Bertz CT molecular complexity index is 967. The summed E-state index contributed by atoms with van der Waals surface area (Å²) in [6.45, 7) is 1.79. The van der Waals surface area contributed by atoms with Crippen molar-refractivity contribution >= 4 is 5.69 Å². The van der Waals surface area contributed by atoms with E-state index < -0.39 is 4.92 Å². The van der Waals surface area contributed by atoms with Gasteiger partial charge in [-0.2, -0.15) is 0 Å². The zero-order valence-corrected chi connectivity index (χ0v) is 14.8. The highest BCUT2D eigenvalue weighted by atomic mass is 16.6. The van der Waals surface area contributed by atoms with Crippen molar-refractivity contribution in [2.45, 2.75) is 20.1 Å². The molecule has 8 nitrogen and oxygen atoms in total. The Labute approximate surface area is 155 Å². The van der Waals surface area contributed by atoms with Crippen LogP contribution in [-0.2, 0) is 13.2 Å². The first-order chi connectivity index (χ1) is 13.0. The van der Waals surface area contributed by atoms with Crippen molar-refractivity contribution in [3.05, 3.63) is 69.6 Å². The summed E-state index contributed by atoms with van der Waals surface area (Å²) in [4.78, 5) is 14.9. The van der Waals surface area contributed by atoms with E-state index in [4.69, 9.17) is 13.9 Å². The molecule has 1 aromatic heterocycles. The maximum absolute atomic E-state index is 10.9. The minimum atomic E-state index is -0.467. The SMILES string of the molecule is COc1cc(CO)ccc1OCc1nc(-c2cccc([N+](=O)[O-])c2)oc1C. The highest BCUT2D eigenvalue weighted by Gasteiger charge is 2.15. The fourth-order valence-corrected chi connectivity index (χ4v) is 2.51. The maximum Gasteiger partial charge on any atom is 0.270 e. The Morgan fingerprint density at radius 2 is 2.04 bits per heavy atom. The van der Waals surface area contributed by atoms with E-state index in [0.717, 1.165) is 0 Å². The average Bonchev–Trinajstić information content (AvgIpc) is 3.07. The topological polar surface area (TPSA) is 108 Å². The van der Waals surface area contributed by atoms with Crippen molar-refractivity contribution in [1.82, 2.24) is 4.98 Å². The molecular formula is C19H18N2O6. The van der Waals surface area contributed by atoms with Crippen LogP contribution in [0.4, 0.5) is 5.69 Å². The molecule has 140 valence electrons. The number of rotatable bonds is 7. The van der Waals surface area contributed by atoms with Crippen LogP contribution >= 0.6 is 0 Å². The minimum Gasteiger partial charge on any atom is -0.493 e. The van der Waals surface area contributed by atoms with Crippen molar-refractivity contribution in [1.29, 1.82) is 0 Å². The quantitative estimate of drug-likeness (QED) is 0.499. The third-order valence-electron chi connectivity index (χ3n) is 3.97. The van der Waals surface area contributed by atoms with Crippen LogP contribution in [0.5, 0.6) is 11.5 Å². The van der Waals surface area contributed by atoms with Gasteiger partial charge in [-0.25, -0.2) is 4.98 Å². The summed E-state index contributed by atoms with van der Waals surface area (Å²) < 4.78 is 16.7. The van der Waals surface area contributed by atoms with Crippen LogP contribution in [0.1, 0.15) is 17.0 Å². The third kappa shape index (κ3) is 4.06. The number of nitrogens with zero attached hydrogens (tertiary/aromatic N) is 2. The number of aromatic nitrogens is 1. The number of benzene rings is 2. The number of aliphatic hydroxyl groups is 1. The number of hydrogen-bond donors (Lipinski definition) is 1. The van der Waals surface area contributed by atoms with Gasteiger partial charge in [0.2, 0.25) is 5.89 Å². The van der Waals surface area contributed by atoms with Crippen LogP contribution in [0.3, 0.4) is 0 Å². The summed E-state index contributed by atoms with van der Waals surface area (Å²) >= 11 is 0. The molecule has 2 aromatic carbocycles. The minimum absolute atomic E-state index is 0.0325. The van der Waals surface area contributed by atoms with Gasteiger partial charge in [0.05, 0.1) is 18.6 Å². The molecule has 0 unspecified atom stereocenters. The van der Waals surface area contributed by atoms with E-state index in [1.54, 1.807) is 37.3 Å². The van der Waals surface area contributed by atoms with Gasteiger partial charge in [0.25, 0.3) is 5.69 Å². The largest absolute Gasteiger partial charge is 0.493 e. The molecule has 0 saturated heterocycles. The van der Waals surface area contributed by atoms with Gasteiger partial charge in [0, 0.05) is 17.7 Å². The summed E-state index contributed by atoms with van der Waals surface area (Å²) in [7, 11) is 1.52. The first kappa shape index (κ1) is 18.4. The Balaban J connectivity index is 1.80. The number of nitro benzene ring substituents is 1. The third-order valence-corrected chi connectivity index (χ3v) is 3.97. The number of non-ortho nitro benzene ring substituents is 1. The molecule has 1 N–H and O–H groups in total. The van der Waals surface area contributed by atoms with Gasteiger partial charge >= 0.3 is 0 Å². The molecule has 0 aliphatic rings. The number of hydrogen-bond acceptors (Lipinski definition) is 7. The molecule has 0 atom stereocenters. The molecule has 0 spiro atoms. The second kappa shape index (κ2) is 7.88. The Hall–Kier alpha value is -3.39. The van der Waals surface area contributed by atoms with Gasteiger partial charge in [-0.3, -0.25) is 10.1 Å². The smallest absolute Gasteiger partial charge is 0.270 e. The summed E-state index contributed by atoms with van der Waals surface area (Å²) in [6, 6.07) is 11.2. The van der Waals surface area contributed by atoms with Gasteiger partial charge in [-0.15, -0.1) is 0 Å². The average molecular weight is 370 g/mol. The first-order valence-corrected chi connectivity index (χ1v) is 8.13. The molecule has 0 fully saturated rings. The summed E-state index contributed by atoms with van der Waals surface area (Å²) in [6.07, 6.45) is 0. The molecular weight excluding hydrogens is 352 g/mol. The van der Waals surface area contributed by atoms with Gasteiger partial charge in [-0.1, -0.05) is 12.1 Å². The molecule has 27 heavy (non-hydrogen) atoms. The number of methoxy groups -OCH3 is 1. The zero-order chi connectivity index (χ0) is 19.4. The molecule has 3 aromatic rings. The number of aryl methyl sites for hydroxylation is 1. The number of aliphatic hydroxyl groups excluding tert-OH is 1. The highest BCUT2D eigenvalue weighted by molar-refractivity contribution is 5.58. The summed E-state index contributed by atoms with van der Waals surface area (Å²) in [5.74, 6) is 1.86. The van der Waals surface area contributed by atoms with Crippen LogP contribution in [-0.4, -0.2) is 22.1 Å². The van der Waals surface area contributed by atoms with Crippen molar-refractivity contribution in [2.24, 2.45) is 0 Å². The molecule has 0 saturated carbocycles. The van der Waals surface area contributed by atoms with Crippen molar-refractivity contribution in [2.75, 3.05) is 7.11 Å². The van der Waals surface area contributed by atoms with E-state index in [1.807, 2.05) is 0 Å². The predicted octanol–water partition coefficient (Wildman–Crippen LogP) is 3.64. The standard InChI is InChI=1S/C19H18N2O6/c1-12-16(11-26-17-7-6-13(10-22)8-18(17)25-2)20-19(27-12)14-4-3-5-15(9-14)21(23)24/h3-9,22H,10-11H2,1-2H3. The Kier molecular flexibility index (Phi) is 5.37. The predicted molar refractivity (Wildman–Crippen MR) is 96.6 cm³/mol. The molecule has 3 rings (SSSR count). The summed E-state index contributed by atoms with van der Waals surface area (Å²) in [5.41, 5.74) is 1.77. The maximum atomic E-state index is 10.9. The van der Waals surface area contributed by atoms with Gasteiger partial charge < -0.3 is 19.0 Å². The lowest BCUT2D eigenvalue weighted by atomic mass is 10.2. The second-order valence-electron chi connectivity index (χ2n) is 5.76. The van der Waals surface area contributed by atoms with E-state index in [1.165, 1.54) is 19.2 Å². The van der Waals surface area contributed by atoms with Crippen molar-refractivity contribution < 1.29 is 23.9 Å². The fraction of sp³-hybridized carbons (Fsp3) is 0.211. The van der Waals surface area contributed by atoms with Gasteiger partial charge in [0.15, 0.2) is 11.5 Å². The lowest BCUT2D eigenvalue weighted by Gasteiger charge is -2.10. The van der Waals surface area contributed by atoms with Crippen LogP contribution in [0.15, 0.2) is 46.9 Å². The molecule has 8 heteroatoms. The molecule has 0 radical (unpaired) electrons. The van der Waals surface area contributed by atoms with E-state index in [0.29, 0.717) is 34.1 Å². The number of oxazole rings is 1. The van der Waals surface area contributed by atoms with Crippen LogP contribution in [0, 0.1) is 17.0 Å². The molecule has 0 aliphatic heterocycles. The molecule has 1 heterocycles. The van der Waals surface area contributed by atoms with Crippen molar-refractivity contribution in [3.8, 4) is 23.0 Å². The molecule has 0 bridgehead atoms. The Morgan fingerprint density at radius 1 is 1.22 bits per heavy atom. The van der Waals surface area contributed by atoms with E-state index in [2.05, 4.69) is 4.98 Å². The Morgan fingerprint density at radius 3 is 2.74 bits per heavy atom. The van der Waals surface area contributed by atoms with Crippen LogP contribution in [0.25, 0.3) is 11.5 Å². The highest BCUT2D eigenvalue weighted by Crippen LogP contribution is 2.30. The van der Waals surface area contributed by atoms with E-state index in [-0.39, 0.29) is 24.8 Å². The van der Waals surface area contributed by atoms with E-state index in [9.17, 15) is 15.2 Å². The zero-order valence-electron chi connectivity index (χ0n) is 14.8.